The van der Waals surface area contributed by atoms with Crippen molar-refractivity contribution in [2.45, 2.75) is 19.1 Å². The highest BCUT2D eigenvalue weighted by molar-refractivity contribution is 5.87. The lowest BCUT2D eigenvalue weighted by Gasteiger charge is -2.17. The van der Waals surface area contributed by atoms with E-state index in [2.05, 4.69) is 10.6 Å². The summed E-state index contributed by atoms with van der Waals surface area (Å²) < 4.78 is 9.72. The lowest BCUT2D eigenvalue weighted by atomic mass is 10.1. The smallest absolute Gasteiger partial charge is 0.407 e. The molecule has 0 heterocycles. The third kappa shape index (κ3) is 6.99. The van der Waals surface area contributed by atoms with Crippen LogP contribution in [0.3, 0.4) is 0 Å². The molecule has 0 saturated carbocycles. The van der Waals surface area contributed by atoms with Gasteiger partial charge in [-0.1, -0.05) is 42.5 Å². The first-order valence-electron chi connectivity index (χ1n) is 8.57. The van der Waals surface area contributed by atoms with Gasteiger partial charge in [-0.2, -0.15) is 0 Å². The highest BCUT2D eigenvalue weighted by Gasteiger charge is 2.22. The van der Waals surface area contributed by atoms with Crippen molar-refractivity contribution in [3.63, 3.8) is 0 Å². The number of aromatic hydroxyl groups is 1. The summed E-state index contributed by atoms with van der Waals surface area (Å²) in [7, 11) is 1.22. The number of rotatable bonds is 8. The minimum Gasteiger partial charge on any atom is -0.508 e. The summed E-state index contributed by atoms with van der Waals surface area (Å²) in [4.78, 5) is 35.7. The summed E-state index contributed by atoms with van der Waals surface area (Å²) in [6, 6.07) is 14.4. The van der Waals surface area contributed by atoms with Crippen molar-refractivity contribution >= 4 is 18.0 Å². The van der Waals surface area contributed by atoms with Gasteiger partial charge >= 0.3 is 12.1 Å². The summed E-state index contributed by atoms with van der Waals surface area (Å²) in [5.41, 5.74) is 1.55. The molecule has 0 fully saturated rings. The molecule has 0 aromatic heterocycles. The second-order valence-corrected chi connectivity index (χ2v) is 5.93. The Bertz CT molecular complexity index is 792. The Balaban J connectivity index is 1.81. The molecule has 3 N–H and O–H groups in total. The number of alkyl carbamates (subject to hydrolysis) is 1. The quantitative estimate of drug-likeness (QED) is 0.593. The van der Waals surface area contributed by atoms with Crippen LogP contribution in [0.1, 0.15) is 11.1 Å². The third-order valence-corrected chi connectivity index (χ3v) is 3.80. The van der Waals surface area contributed by atoms with Crippen LogP contribution in [-0.2, 0) is 32.1 Å². The number of phenolic OH excluding ortho intramolecular Hbond substituents is 1. The number of hydrogen-bond donors (Lipinski definition) is 3. The Morgan fingerprint density at radius 2 is 1.68 bits per heavy atom. The van der Waals surface area contributed by atoms with Gasteiger partial charge in [0.15, 0.2) is 0 Å². The van der Waals surface area contributed by atoms with E-state index >= 15 is 0 Å². The molecule has 2 amide bonds. The zero-order chi connectivity index (χ0) is 20.4. The summed E-state index contributed by atoms with van der Waals surface area (Å²) >= 11 is 0. The van der Waals surface area contributed by atoms with Crippen molar-refractivity contribution in [3.8, 4) is 5.75 Å². The monoisotopic (exact) mass is 386 g/mol. The molecule has 2 rings (SSSR count). The second-order valence-electron chi connectivity index (χ2n) is 5.93. The van der Waals surface area contributed by atoms with Crippen LogP contribution in [-0.4, -0.2) is 42.8 Å². The zero-order valence-corrected chi connectivity index (χ0v) is 15.4. The van der Waals surface area contributed by atoms with Gasteiger partial charge in [-0.15, -0.1) is 0 Å². The summed E-state index contributed by atoms with van der Waals surface area (Å²) in [5, 5.41) is 14.2. The molecule has 0 aliphatic heterocycles. The van der Waals surface area contributed by atoms with Crippen molar-refractivity contribution < 1.29 is 29.0 Å². The molecule has 8 nitrogen and oxygen atoms in total. The molecule has 0 radical (unpaired) electrons. The van der Waals surface area contributed by atoms with Crippen molar-refractivity contribution in [2.24, 2.45) is 0 Å². The molecule has 0 aliphatic carbocycles. The molecule has 0 saturated heterocycles. The predicted octanol–water partition coefficient (Wildman–Crippen LogP) is 1.52. The molecule has 1 atom stereocenters. The maximum absolute atomic E-state index is 12.1. The molecule has 1 unspecified atom stereocenters. The average Bonchev–Trinajstić information content (AvgIpc) is 2.72. The van der Waals surface area contributed by atoms with Crippen molar-refractivity contribution in [2.75, 3.05) is 13.7 Å². The van der Waals surface area contributed by atoms with Crippen molar-refractivity contribution in [1.82, 2.24) is 10.6 Å². The van der Waals surface area contributed by atoms with Crippen LogP contribution < -0.4 is 10.6 Å². The number of benzene rings is 2. The molecule has 2 aromatic carbocycles. The summed E-state index contributed by atoms with van der Waals surface area (Å²) in [5.74, 6) is -1.08. The number of carbonyl (C=O) groups is 3. The highest BCUT2D eigenvalue weighted by atomic mass is 16.5. The van der Waals surface area contributed by atoms with Gasteiger partial charge in [-0.05, 0) is 23.3 Å². The minimum atomic E-state index is -0.927. The third-order valence-electron chi connectivity index (χ3n) is 3.80. The van der Waals surface area contributed by atoms with E-state index < -0.39 is 24.0 Å². The Hall–Kier alpha value is -3.55. The predicted molar refractivity (Wildman–Crippen MR) is 100 cm³/mol. The number of nitrogens with one attached hydrogen (secondary N) is 2. The van der Waals surface area contributed by atoms with E-state index in [9.17, 15) is 19.5 Å². The van der Waals surface area contributed by atoms with Gasteiger partial charge in [0.2, 0.25) is 5.91 Å². The molecule has 148 valence electrons. The van der Waals surface area contributed by atoms with E-state index in [1.165, 1.54) is 19.2 Å². The first-order valence-corrected chi connectivity index (χ1v) is 8.57. The molecule has 0 aliphatic rings. The minimum absolute atomic E-state index is 0.0833. The number of esters is 1. The van der Waals surface area contributed by atoms with Crippen LogP contribution in [0.4, 0.5) is 4.79 Å². The van der Waals surface area contributed by atoms with Gasteiger partial charge in [0, 0.05) is 6.42 Å². The molecular formula is C20H22N2O6. The normalized spacial score (nSPS) is 11.2. The standard InChI is InChI=1S/C20H22N2O6/c1-27-19(25)17(11-14-7-9-16(23)10-8-14)22-18(24)12-21-20(26)28-13-15-5-3-2-4-6-15/h2-10,17,23H,11-13H2,1H3,(H,21,26)(H,22,24). The second kappa shape index (κ2) is 10.6. The molecule has 0 spiro atoms. The van der Waals surface area contributed by atoms with Crippen LogP contribution in [0.5, 0.6) is 5.75 Å². The summed E-state index contributed by atoms with van der Waals surface area (Å²) in [6.07, 6.45) is -0.566. The van der Waals surface area contributed by atoms with E-state index in [-0.39, 0.29) is 25.3 Å². The van der Waals surface area contributed by atoms with Crippen molar-refractivity contribution in [3.05, 3.63) is 65.7 Å². The SMILES string of the molecule is COC(=O)C(Cc1ccc(O)cc1)NC(=O)CNC(=O)OCc1ccccc1. The largest absolute Gasteiger partial charge is 0.508 e. The zero-order valence-electron chi connectivity index (χ0n) is 15.4. The first-order chi connectivity index (χ1) is 13.5. The summed E-state index contributed by atoms with van der Waals surface area (Å²) in [6.45, 7) is -0.267. The number of methoxy groups -OCH3 is 1. The molecule has 28 heavy (non-hydrogen) atoms. The van der Waals surface area contributed by atoms with E-state index in [1.807, 2.05) is 30.3 Å². The Labute approximate surface area is 162 Å². The van der Waals surface area contributed by atoms with Gasteiger partial charge < -0.3 is 25.2 Å². The number of carbonyl (C=O) groups excluding carboxylic acids is 3. The van der Waals surface area contributed by atoms with Crippen LogP contribution in [0.25, 0.3) is 0 Å². The lowest BCUT2D eigenvalue weighted by Crippen LogP contribution is -2.47. The first kappa shape index (κ1) is 20.8. The number of ether oxygens (including phenoxy) is 2. The van der Waals surface area contributed by atoms with Crippen LogP contribution in [0.2, 0.25) is 0 Å². The van der Waals surface area contributed by atoms with Gasteiger partial charge in [0.05, 0.1) is 7.11 Å². The van der Waals surface area contributed by atoms with E-state index in [4.69, 9.17) is 9.47 Å². The lowest BCUT2D eigenvalue weighted by molar-refractivity contribution is -0.144. The molecule has 0 bridgehead atoms. The molecule has 2 aromatic rings. The van der Waals surface area contributed by atoms with Crippen LogP contribution in [0, 0.1) is 0 Å². The van der Waals surface area contributed by atoms with Gasteiger partial charge in [-0.25, -0.2) is 9.59 Å². The Morgan fingerprint density at radius 1 is 1.00 bits per heavy atom. The van der Waals surface area contributed by atoms with Gasteiger partial charge in [0.1, 0.15) is 24.9 Å². The van der Waals surface area contributed by atoms with Crippen LogP contribution in [0.15, 0.2) is 54.6 Å². The number of amides is 2. The highest BCUT2D eigenvalue weighted by Crippen LogP contribution is 2.11. The Kier molecular flexibility index (Phi) is 7.83. The number of phenols is 1. The van der Waals surface area contributed by atoms with Crippen LogP contribution >= 0.6 is 0 Å². The number of hydrogen-bond acceptors (Lipinski definition) is 6. The topological polar surface area (TPSA) is 114 Å². The fraction of sp³-hybridized carbons (Fsp3) is 0.250. The maximum Gasteiger partial charge on any atom is 0.407 e. The van der Waals surface area contributed by atoms with E-state index in [0.717, 1.165) is 11.1 Å². The van der Waals surface area contributed by atoms with Crippen molar-refractivity contribution in [1.29, 1.82) is 0 Å². The fourth-order valence-corrected chi connectivity index (χ4v) is 2.38. The fourth-order valence-electron chi connectivity index (χ4n) is 2.38. The van der Waals surface area contributed by atoms with E-state index in [1.54, 1.807) is 12.1 Å². The molecular weight excluding hydrogens is 364 g/mol. The van der Waals surface area contributed by atoms with E-state index in [0.29, 0.717) is 0 Å². The average molecular weight is 386 g/mol. The molecule has 8 heteroatoms. The Morgan fingerprint density at radius 3 is 2.32 bits per heavy atom. The van der Waals surface area contributed by atoms with Gasteiger partial charge in [-0.3, -0.25) is 4.79 Å². The maximum atomic E-state index is 12.1. The van der Waals surface area contributed by atoms with Gasteiger partial charge in [0.25, 0.3) is 0 Å².